The van der Waals surface area contributed by atoms with E-state index in [0.29, 0.717) is 28.7 Å². The first-order valence-electron chi connectivity index (χ1n) is 8.08. The van der Waals surface area contributed by atoms with Gasteiger partial charge in [-0.1, -0.05) is 29.3 Å². The summed E-state index contributed by atoms with van der Waals surface area (Å²) < 4.78 is 1.84. The number of carbonyl (C=O) groups is 2. The molecule has 0 aliphatic rings. The van der Waals surface area contributed by atoms with Gasteiger partial charge in [0.15, 0.2) is 0 Å². The molecule has 0 bridgehead atoms. The van der Waals surface area contributed by atoms with E-state index in [-0.39, 0.29) is 18.4 Å². The van der Waals surface area contributed by atoms with E-state index in [9.17, 15) is 9.59 Å². The van der Waals surface area contributed by atoms with E-state index in [1.165, 1.54) is 0 Å². The molecule has 0 saturated carbocycles. The van der Waals surface area contributed by atoms with Crippen molar-refractivity contribution in [3.63, 3.8) is 0 Å². The summed E-state index contributed by atoms with van der Waals surface area (Å²) in [6.45, 7) is 0.874. The van der Waals surface area contributed by atoms with Crippen molar-refractivity contribution >= 4 is 45.9 Å². The number of aromatic nitrogens is 1. The summed E-state index contributed by atoms with van der Waals surface area (Å²) in [6, 6.07) is 14.1. The fourth-order valence-electron chi connectivity index (χ4n) is 2.59. The van der Waals surface area contributed by atoms with Crippen LogP contribution in [0.5, 0.6) is 0 Å². The van der Waals surface area contributed by atoms with E-state index >= 15 is 0 Å². The number of benzene rings is 2. The number of hydrogen-bond donors (Lipinski definition) is 2. The molecule has 0 aliphatic heterocycles. The first-order chi connectivity index (χ1) is 12.5. The topological polar surface area (TPSA) is 63.1 Å². The second-order valence-electron chi connectivity index (χ2n) is 5.76. The maximum atomic E-state index is 12.1. The van der Waals surface area contributed by atoms with Crippen molar-refractivity contribution in [2.24, 2.45) is 0 Å². The molecule has 0 unspecified atom stereocenters. The zero-order valence-electron chi connectivity index (χ0n) is 13.8. The molecule has 0 saturated heterocycles. The molecule has 1 aromatic heterocycles. The second kappa shape index (κ2) is 8.25. The molecule has 3 rings (SSSR count). The van der Waals surface area contributed by atoms with Crippen LogP contribution in [0, 0.1) is 0 Å². The molecule has 0 aliphatic carbocycles. The van der Waals surface area contributed by atoms with Gasteiger partial charge in [-0.25, -0.2) is 0 Å². The van der Waals surface area contributed by atoms with E-state index in [1.54, 1.807) is 24.3 Å². The lowest BCUT2D eigenvalue weighted by Gasteiger charge is -2.09. The van der Waals surface area contributed by atoms with Gasteiger partial charge >= 0.3 is 0 Å². The maximum Gasteiger partial charge on any atom is 0.251 e. The second-order valence-corrected chi connectivity index (χ2v) is 6.63. The third-order valence-electron chi connectivity index (χ3n) is 3.89. The summed E-state index contributed by atoms with van der Waals surface area (Å²) >= 11 is 11.8. The van der Waals surface area contributed by atoms with Gasteiger partial charge in [0.25, 0.3) is 5.91 Å². The zero-order chi connectivity index (χ0) is 18.5. The van der Waals surface area contributed by atoms with Crippen LogP contribution in [0.25, 0.3) is 10.9 Å². The highest BCUT2D eigenvalue weighted by Gasteiger charge is 2.08. The lowest BCUT2D eigenvalue weighted by Crippen LogP contribution is -2.36. The van der Waals surface area contributed by atoms with Crippen LogP contribution >= 0.6 is 23.2 Å². The van der Waals surface area contributed by atoms with Crippen LogP contribution in [0.3, 0.4) is 0 Å². The van der Waals surface area contributed by atoms with Crippen LogP contribution in [0.2, 0.25) is 10.0 Å². The summed E-state index contributed by atoms with van der Waals surface area (Å²) in [5, 5.41) is 7.77. The molecule has 2 aromatic carbocycles. The first-order valence-corrected chi connectivity index (χ1v) is 8.83. The molecular weight excluding hydrogens is 373 g/mol. The average Bonchev–Trinajstić information content (AvgIpc) is 3.01. The Balaban J connectivity index is 1.46. The number of carbonyl (C=O) groups excluding carboxylic acids is 2. The SMILES string of the molecule is O=C(Cn1ccc2ccc(Cl)cc21)NCCNC(=O)c1ccc(Cl)cc1. The molecule has 5 nitrogen and oxygen atoms in total. The van der Waals surface area contributed by atoms with Gasteiger partial charge in [0, 0.05) is 40.4 Å². The first kappa shape index (κ1) is 18.3. The summed E-state index contributed by atoms with van der Waals surface area (Å²) in [5.74, 6) is -0.342. The van der Waals surface area contributed by atoms with Gasteiger partial charge in [-0.3, -0.25) is 9.59 Å². The maximum absolute atomic E-state index is 12.1. The van der Waals surface area contributed by atoms with Crippen LogP contribution in [0.4, 0.5) is 0 Å². The van der Waals surface area contributed by atoms with Gasteiger partial charge in [0.1, 0.15) is 6.54 Å². The number of halogens is 2. The molecule has 0 radical (unpaired) electrons. The highest BCUT2D eigenvalue weighted by Crippen LogP contribution is 2.20. The van der Waals surface area contributed by atoms with Crippen molar-refractivity contribution in [2.75, 3.05) is 13.1 Å². The Morgan fingerprint density at radius 1 is 0.885 bits per heavy atom. The normalized spacial score (nSPS) is 10.7. The smallest absolute Gasteiger partial charge is 0.251 e. The predicted molar refractivity (Wildman–Crippen MR) is 104 cm³/mol. The van der Waals surface area contributed by atoms with E-state index in [1.807, 2.05) is 35.0 Å². The van der Waals surface area contributed by atoms with E-state index < -0.39 is 0 Å². The average molecular weight is 390 g/mol. The van der Waals surface area contributed by atoms with E-state index in [4.69, 9.17) is 23.2 Å². The Hall–Kier alpha value is -2.50. The van der Waals surface area contributed by atoms with Crippen LogP contribution in [-0.2, 0) is 11.3 Å². The fraction of sp³-hybridized carbons (Fsp3) is 0.158. The minimum absolute atomic E-state index is 0.136. The molecule has 134 valence electrons. The lowest BCUT2D eigenvalue weighted by atomic mass is 10.2. The van der Waals surface area contributed by atoms with Crippen LogP contribution in [0.1, 0.15) is 10.4 Å². The van der Waals surface area contributed by atoms with Crippen molar-refractivity contribution in [3.05, 3.63) is 70.3 Å². The van der Waals surface area contributed by atoms with Crippen LogP contribution < -0.4 is 10.6 Å². The molecule has 0 spiro atoms. The molecule has 7 heteroatoms. The lowest BCUT2D eigenvalue weighted by molar-refractivity contribution is -0.121. The van der Waals surface area contributed by atoms with Gasteiger partial charge in [-0.2, -0.15) is 0 Å². The standard InChI is InChI=1S/C19H17Cl2N3O2/c20-15-4-2-14(3-5-15)19(26)23-9-8-22-18(25)12-24-10-7-13-1-6-16(21)11-17(13)24/h1-7,10-11H,8-9,12H2,(H,22,25)(H,23,26). The Kier molecular flexibility index (Phi) is 5.81. The summed E-state index contributed by atoms with van der Waals surface area (Å²) in [6.07, 6.45) is 1.85. The highest BCUT2D eigenvalue weighted by molar-refractivity contribution is 6.31. The van der Waals surface area contributed by atoms with Crippen molar-refractivity contribution in [3.8, 4) is 0 Å². The highest BCUT2D eigenvalue weighted by atomic mass is 35.5. The van der Waals surface area contributed by atoms with Crippen molar-refractivity contribution in [2.45, 2.75) is 6.54 Å². The molecule has 0 fully saturated rings. The van der Waals surface area contributed by atoms with E-state index in [0.717, 1.165) is 10.9 Å². The largest absolute Gasteiger partial charge is 0.353 e. The van der Waals surface area contributed by atoms with E-state index in [2.05, 4.69) is 10.6 Å². The van der Waals surface area contributed by atoms with Crippen molar-refractivity contribution in [1.29, 1.82) is 0 Å². The predicted octanol–water partition coefficient (Wildman–Crippen LogP) is 3.49. The monoisotopic (exact) mass is 389 g/mol. The number of fused-ring (bicyclic) bond motifs is 1. The zero-order valence-corrected chi connectivity index (χ0v) is 15.3. The minimum Gasteiger partial charge on any atom is -0.353 e. The number of nitrogens with zero attached hydrogens (tertiary/aromatic N) is 1. The summed E-state index contributed by atoms with van der Waals surface area (Å²) in [7, 11) is 0. The van der Waals surface area contributed by atoms with Crippen molar-refractivity contribution in [1.82, 2.24) is 15.2 Å². The Labute approximate surface area is 160 Å². The number of rotatable bonds is 6. The molecule has 26 heavy (non-hydrogen) atoms. The number of hydrogen-bond acceptors (Lipinski definition) is 2. The van der Waals surface area contributed by atoms with Crippen LogP contribution in [-0.4, -0.2) is 29.5 Å². The Morgan fingerprint density at radius 3 is 2.35 bits per heavy atom. The van der Waals surface area contributed by atoms with Gasteiger partial charge < -0.3 is 15.2 Å². The summed E-state index contributed by atoms with van der Waals surface area (Å²) in [4.78, 5) is 24.1. The van der Waals surface area contributed by atoms with Crippen molar-refractivity contribution < 1.29 is 9.59 Å². The van der Waals surface area contributed by atoms with Gasteiger partial charge in [-0.15, -0.1) is 0 Å². The Bertz CT molecular complexity index is 936. The molecule has 2 amide bonds. The number of amides is 2. The molecular formula is C19H17Cl2N3O2. The third kappa shape index (κ3) is 4.56. The number of nitrogens with one attached hydrogen (secondary N) is 2. The molecule has 0 atom stereocenters. The molecule has 3 aromatic rings. The van der Waals surface area contributed by atoms with Gasteiger partial charge in [-0.05, 0) is 47.9 Å². The minimum atomic E-state index is -0.207. The quantitative estimate of drug-likeness (QED) is 0.633. The Morgan fingerprint density at radius 2 is 1.58 bits per heavy atom. The third-order valence-corrected chi connectivity index (χ3v) is 4.38. The van der Waals surface area contributed by atoms with Crippen LogP contribution in [0.15, 0.2) is 54.7 Å². The fourth-order valence-corrected chi connectivity index (χ4v) is 2.88. The summed E-state index contributed by atoms with van der Waals surface area (Å²) in [5.41, 5.74) is 1.43. The van der Waals surface area contributed by atoms with Gasteiger partial charge in [0.05, 0.1) is 0 Å². The molecule has 2 N–H and O–H groups in total. The molecule has 1 heterocycles. The van der Waals surface area contributed by atoms with Gasteiger partial charge in [0.2, 0.25) is 5.91 Å².